The van der Waals surface area contributed by atoms with Crippen LogP contribution < -0.4 is 9.62 Å². The van der Waals surface area contributed by atoms with E-state index in [-0.39, 0.29) is 43.8 Å². The molecule has 3 rings (SSSR count). The Hall–Kier alpha value is -2.29. The first-order valence-corrected chi connectivity index (χ1v) is 16.2. The maximum atomic E-state index is 13.7. The minimum Gasteiger partial charge on any atom is -0.352 e. The smallest absolute Gasteiger partial charge is 0.243 e. The second-order valence-corrected chi connectivity index (χ2v) is 12.9. The molecule has 1 saturated carbocycles. The van der Waals surface area contributed by atoms with Gasteiger partial charge in [0, 0.05) is 35.6 Å². The number of amides is 2. The number of carbonyl (C=O) groups is 2. The van der Waals surface area contributed by atoms with Crippen LogP contribution in [0.25, 0.3) is 0 Å². The third-order valence-corrected chi connectivity index (χ3v) is 9.25. The van der Waals surface area contributed by atoms with E-state index in [1.165, 1.54) is 10.7 Å². The molecule has 0 saturated heterocycles. The number of rotatable bonds is 12. The van der Waals surface area contributed by atoms with Crippen LogP contribution >= 0.6 is 23.2 Å². The largest absolute Gasteiger partial charge is 0.352 e. The van der Waals surface area contributed by atoms with Gasteiger partial charge in [0.25, 0.3) is 0 Å². The number of nitrogens with one attached hydrogen (secondary N) is 1. The van der Waals surface area contributed by atoms with Gasteiger partial charge < -0.3 is 10.2 Å². The van der Waals surface area contributed by atoms with Crippen molar-refractivity contribution in [2.45, 2.75) is 83.8 Å². The molecule has 0 unspecified atom stereocenters. The number of nitrogens with zero attached hydrogens (tertiary/aromatic N) is 2. The van der Waals surface area contributed by atoms with Crippen LogP contribution in [-0.2, 0) is 26.2 Å². The second kappa shape index (κ2) is 14.4. The van der Waals surface area contributed by atoms with Gasteiger partial charge in [-0.15, -0.1) is 0 Å². The summed E-state index contributed by atoms with van der Waals surface area (Å²) in [5.74, 6) is -0.381. The van der Waals surface area contributed by atoms with Crippen LogP contribution in [0.15, 0.2) is 42.5 Å². The van der Waals surface area contributed by atoms with E-state index in [9.17, 15) is 18.0 Å². The molecule has 0 spiro atoms. The minimum absolute atomic E-state index is 0.0727. The molecule has 0 aliphatic heterocycles. The summed E-state index contributed by atoms with van der Waals surface area (Å²) in [4.78, 5) is 28.6. The summed E-state index contributed by atoms with van der Waals surface area (Å²) in [6.07, 6.45) is 7.20. The highest BCUT2D eigenvalue weighted by Gasteiger charge is 2.31. The summed E-state index contributed by atoms with van der Waals surface area (Å²) in [6, 6.07) is 11.9. The lowest BCUT2D eigenvalue weighted by Gasteiger charge is -2.33. The zero-order valence-electron chi connectivity index (χ0n) is 23.0. The molecule has 1 aliphatic rings. The number of carbonyl (C=O) groups excluding carboxylic acids is 2. The Morgan fingerprint density at radius 3 is 2.33 bits per heavy atom. The van der Waals surface area contributed by atoms with Crippen LogP contribution in [0.4, 0.5) is 5.69 Å². The lowest BCUT2D eigenvalue weighted by molar-refractivity contribution is -0.141. The van der Waals surface area contributed by atoms with Crippen molar-refractivity contribution >= 4 is 50.7 Å². The molecule has 39 heavy (non-hydrogen) atoms. The first-order chi connectivity index (χ1) is 18.5. The minimum atomic E-state index is -3.61. The lowest BCUT2D eigenvalue weighted by Crippen LogP contribution is -2.51. The molecule has 0 aromatic heterocycles. The topological polar surface area (TPSA) is 86.8 Å². The normalized spacial score (nSPS) is 15.0. The van der Waals surface area contributed by atoms with Crippen molar-refractivity contribution < 1.29 is 18.0 Å². The quantitative estimate of drug-likeness (QED) is 0.321. The molecule has 2 aromatic rings. The first kappa shape index (κ1) is 31.2. The van der Waals surface area contributed by atoms with E-state index < -0.39 is 16.1 Å². The Labute approximate surface area is 242 Å². The van der Waals surface area contributed by atoms with E-state index in [4.69, 9.17) is 23.2 Å². The maximum Gasteiger partial charge on any atom is 0.243 e. The van der Waals surface area contributed by atoms with Gasteiger partial charge in [-0.3, -0.25) is 13.9 Å². The fourth-order valence-electron chi connectivity index (χ4n) is 5.12. The summed E-state index contributed by atoms with van der Waals surface area (Å²) < 4.78 is 26.6. The first-order valence-electron chi connectivity index (χ1n) is 13.6. The van der Waals surface area contributed by atoms with E-state index in [1.807, 2.05) is 25.1 Å². The van der Waals surface area contributed by atoms with Gasteiger partial charge in [0.1, 0.15) is 6.04 Å². The monoisotopic (exact) mass is 595 g/mol. The third-order valence-electron chi connectivity index (χ3n) is 7.30. The standard InChI is InChI=1S/C29H39Cl2N3O4S/c1-4-26(29(36)32-23-13-6-5-7-14-23)33(20-22-12-8-9-15-25(22)31)28(35)18-11-19-34(39(3,37)38)27-17-10-16-24(30)21(27)2/h8-10,12,15-17,23,26H,4-7,11,13-14,18-20H2,1-3H3,(H,32,36)/t26-/m1/s1. The highest BCUT2D eigenvalue weighted by Crippen LogP contribution is 2.29. The Balaban J connectivity index is 1.79. The van der Waals surface area contributed by atoms with E-state index in [1.54, 1.807) is 36.1 Å². The Kier molecular flexibility index (Phi) is 11.5. The molecule has 1 atom stereocenters. The Morgan fingerprint density at radius 2 is 1.69 bits per heavy atom. The summed E-state index contributed by atoms with van der Waals surface area (Å²) in [6.45, 7) is 3.96. The van der Waals surface area contributed by atoms with Gasteiger partial charge in [-0.25, -0.2) is 8.42 Å². The van der Waals surface area contributed by atoms with Crippen LogP contribution in [0, 0.1) is 6.92 Å². The van der Waals surface area contributed by atoms with Crippen LogP contribution in [0.1, 0.15) is 69.4 Å². The van der Waals surface area contributed by atoms with Gasteiger partial charge in [-0.2, -0.15) is 0 Å². The summed E-state index contributed by atoms with van der Waals surface area (Å²) in [5, 5.41) is 4.16. The number of hydrogen-bond acceptors (Lipinski definition) is 4. The fraction of sp³-hybridized carbons (Fsp3) is 0.517. The highest BCUT2D eigenvalue weighted by molar-refractivity contribution is 7.92. The van der Waals surface area contributed by atoms with Gasteiger partial charge in [0.2, 0.25) is 21.8 Å². The van der Waals surface area contributed by atoms with Crippen LogP contribution in [-0.4, -0.2) is 50.0 Å². The van der Waals surface area contributed by atoms with Gasteiger partial charge in [0.15, 0.2) is 0 Å². The molecule has 0 bridgehead atoms. The summed E-state index contributed by atoms with van der Waals surface area (Å²) in [7, 11) is -3.61. The Morgan fingerprint density at radius 1 is 1.03 bits per heavy atom. The predicted octanol–water partition coefficient (Wildman–Crippen LogP) is 6.10. The molecule has 10 heteroatoms. The van der Waals surface area contributed by atoms with E-state index in [0.29, 0.717) is 27.7 Å². The maximum absolute atomic E-state index is 13.7. The molecule has 0 radical (unpaired) electrons. The van der Waals surface area contributed by atoms with Crippen LogP contribution in [0.5, 0.6) is 0 Å². The average molecular weight is 597 g/mol. The number of benzene rings is 2. The third kappa shape index (κ3) is 8.60. The average Bonchev–Trinajstić information content (AvgIpc) is 2.89. The molecule has 2 amide bonds. The highest BCUT2D eigenvalue weighted by atomic mass is 35.5. The second-order valence-electron chi connectivity index (χ2n) is 10.2. The van der Waals surface area contributed by atoms with Gasteiger partial charge in [-0.05, 0) is 61.9 Å². The van der Waals surface area contributed by atoms with E-state index in [2.05, 4.69) is 5.32 Å². The predicted molar refractivity (Wildman–Crippen MR) is 159 cm³/mol. The molecule has 1 fully saturated rings. The van der Waals surface area contributed by atoms with Gasteiger partial charge in [0.05, 0.1) is 11.9 Å². The van der Waals surface area contributed by atoms with Crippen molar-refractivity contribution in [1.82, 2.24) is 10.2 Å². The zero-order valence-corrected chi connectivity index (χ0v) is 25.3. The molecule has 7 nitrogen and oxygen atoms in total. The van der Waals surface area contributed by atoms with E-state index in [0.717, 1.165) is 37.5 Å². The Bertz CT molecular complexity index is 1250. The van der Waals surface area contributed by atoms with Crippen molar-refractivity contribution in [3.8, 4) is 0 Å². The number of anilines is 1. The number of sulfonamides is 1. The number of halogens is 2. The summed E-state index contributed by atoms with van der Waals surface area (Å²) in [5.41, 5.74) is 1.90. The van der Waals surface area contributed by atoms with Crippen LogP contribution in [0.3, 0.4) is 0 Å². The molecule has 2 aromatic carbocycles. The van der Waals surface area contributed by atoms with Crippen molar-refractivity contribution in [3.05, 3.63) is 63.6 Å². The lowest BCUT2D eigenvalue weighted by atomic mass is 9.95. The molecule has 1 aliphatic carbocycles. The van der Waals surface area contributed by atoms with Crippen molar-refractivity contribution in [1.29, 1.82) is 0 Å². The molecular formula is C29H39Cl2N3O4S. The fourth-order valence-corrected chi connectivity index (χ4v) is 6.50. The van der Waals surface area contributed by atoms with Crippen LogP contribution in [0.2, 0.25) is 10.0 Å². The molecule has 1 N–H and O–H groups in total. The van der Waals surface area contributed by atoms with Gasteiger partial charge in [-0.1, -0.05) is 73.7 Å². The molecular weight excluding hydrogens is 557 g/mol. The van der Waals surface area contributed by atoms with Gasteiger partial charge >= 0.3 is 0 Å². The van der Waals surface area contributed by atoms with Crippen molar-refractivity contribution in [2.24, 2.45) is 0 Å². The number of hydrogen-bond donors (Lipinski definition) is 1. The SMILES string of the molecule is CC[C@H](C(=O)NC1CCCCC1)N(Cc1ccccc1Cl)C(=O)CCCN(c1cccc(Cl)c1C)S(C)(=O)=O. The van der Waals surface area contributed by atoms with Crippen molar-refractivity contribution in [3.63, 3.8) is 0 Å². The molecule has 0 heterocycles. The van der Waals surface area contributed by atoms with Crippen molar-refractivity contribution in [2.75, 3.05) is 17.1 Å². The molecule has 214 valence electrons. The van der Waals surface area contributed by atoms with E-state index >= 15 is 0 Å². The summed E-state index contributed by atoms with van der Waals surface area (Å²) >= 11 is 12.7. The zero-order chi connectivity index (χ0) is 28.6.